The second-order valence-electron chi connectivity index (χ2n) is 2.63. The van der Waals surface area contributed by atoms with Crippen molar-refractivity contribution in [2.24, 2.45) is 0 Å². The van der Waals surface area contributed by atoms with Gasteiger partial charge in [-0.05, 0) is 6.92 Å². The van der Waals surface area contributed by atoms with Gasteiger partial charge >= 0.3 is 5.97 Å². The Kier molecular flexibility index (Phi) is 4.04. The molecule has 1 unspecified atom stereocenters. The topological polar surface area (TPSA) is 49.6 Å². The van der Waals surface area contributed by atoms with E-state index in [-0.39, 0.29) is 12.1 Å². The van der Waals surface area contributed by atoms with Gasteiger partial charge in [0.05, 0.1) is 25.7 Å². The average Bonchev–Trinajstić information content (AvgIpc) is 2.06. The number of hydrogen-bond donors (Lipinski definition) is 0. The summed E-state index contributed by atoms with van der Waals surface area (Å²) in [5, 5.41) is 4.14. The molecule has 0 amide bonds. The van der Waals surface area contributed by atoms with E-state index in [1.165, 1.54) is 0 Å². The van der Waals surface area contributed by atoms with Crippen LogP contribution in [0.4, 0.5) is 0 Å². The van der Waals surface area contributed by atoms with Crippen molar-refractivity contribution in [1.29, 1.82) is 0 Å². The van der Waals surface area contributed by atoms with Crippen molar-refractivity contribution in [2.45, 2.75) is 19.4 Å². The molecule has 1 aliphatic rings. The van der Waals surface area contributed by atoms with Crippen molar-refractivity contribution in [3.05, 3.63) is 0 Å². The summed E-state index contributed by atoms with van der Waals surface area (Å²) in [6.45, 7) is 4.23. The van der Waals surface area contributed by atoms with Gasteiger partial charge in [-0.2, -0.15) is 0 Å². The average molecular weight is 172 g/mol. The Balaban J connectivity index is 2.15. The third kappa shape index (κ3) is 3.19. The molecule has 1 aliphatic heterocycles. The van der Waals surface area contributed by atoms with Crippen LogP contribution in [0.25, 0.3) is 0 Å². The summed E-state index contributed by atoms with van der Waals surface area (Å²) in [5.74, 6) is -0.195. The van der Waals surface area contributed by atoms with Crippen LogP contribution in [0.1, 0.15) is 13.3 Å². The van der Waals surface area contributed by atoms with Gasteiger partial charge in [0.1, 0.15) is 0 Å². The van der Waals surface area contributed by atoms with Crippen molar-refractivity contribution in [3.63, 3.8) is 0 Å². The lowest BCUT2D eigenvalue weighted by atomic mass is 10.2. The number of morpholine rings is 1. The Bertz CT molecular complexity index is 143. The highest BCUT2D eigenvalue weighted by molar-refractivity contribution is 5.69. The first kappa shape index (κ1) is 9.48. The fourth-order valence-electron chi connectivity index (χ4n) is 1.10. The summed E-state index contributed by atoms with van der Waals surface area (Å²) in [5.41, 5.74) is 0. The molecule has 1 fully saturated rings. The Morgan fingerprint density at radius 3 is 3.17 bits per heavy atom. The normalized spacial score (nSPS) is 23.6. The van der Waals surface area contributed by atoms with Crippen molar-refractivity contribution in [1.82, 2.24) is 5.32 Å². The minimum atomic E-state index is -0.195. The van der Waals surface area contributed by atoms with Crippen molar-refractivity contribution in [3.8, 4) is 0 Å². The molecular weight excluding hydrogens is 158 g/mol. The van der Waals surface area contributed by atoms with E-state index in [0.717, 1.165) is 6.54 Å². The molecule has 0 aromatic carbocycles. The Labute approximate surface area is 72.2 Å². The minimum absolute atomic E-state index is 0.0576. The quantitative estimate of drug-likeness (QED) is 0.560. The monoisotopic (exact) mass is 172 g/mol. The molecule has 4 heteroatoms. The van der Waals surface area contributed by atoms with Gasteiger partial charge in [-0.25, -0.2) is 5.32 Å². The fraction of sp³-hybridized carbons (Fsp3) is 0.875. The van der Waals surface area contributed by atoms with Gasteiger partial charge < -0.3 is 9.47 Å². The highest BCUT2D eigenvalue weighted by Crippen LogP contribution is 2.03. The minimum Gasteiger partial charge on any atom is -0.466 e. The number of carbonyl (C=O) groups is 1. The zero-order valence-electron chi connectivity index (χ0n) is 7.28. The zero-order valence-corrected chi connectivity index (χ0v) is 7.28. The van der Waals surface area contributed by atoms with Crippen LogP contribution in [0.5, 0.6) is 0 Å². The van der Waals surface area contributed by atoms with Gasteiger partial charge in [-0.15, -0.1) is 0 Å². The van der Waals surface area contributed by atoms with Gasteiger partial charge in [-0.1, -0.05) is 0 Å². The second-order valence-corrected chi connectivity index (χ2v) is 2.63. The summed E-state index contributed by atoms with van der Waals surface area (Å²) in [4.78, 5) is 11.0. The van der Waals surface area contributed by atoms with Crippen molar-refractivity contribution >= 4 is 5.97 Å². The highest BCUT2D eigenvalue weighted by Gasteiger charge is 2.18. The number of carbonyl (C=O) groups excluding carboxylic acids is 1. The van der Waals surface area contributed by atoms with E-state index in [1.54, 1.807) is 6.92 Å². The second kappa shape index (κ2) is 5.11. The summed E-state index contributed by atoms with van der Waals surface area (Å²) in [6.07, 6.45) is 0.273. The molecule has 0 N–H and O–H groups in total. The van der Waals surface area contributed by atoms with Gasteiger partial charge in [0.25, 0.3) is 0 Å². The van der Waals surface area contributed by atoms with E-state index < -0.39 is 0 Å². The third-order valence-corrected chi connectivity index (χ3v) is 1.64. The van der Waals surface area contributed by atoms with Gasteiger partial charge in [0, 0.05) is 13.1 Å². The largest absolute Gasteiger partial charge is 0.466 e. The smallest absolute Gasteiger partial charge is 0.308 e. The molecule has 0 aromatic rings. The van der Waals surface area contributed by atoms with E-state index in [4.69, 9.17) is 9.47 Å². The highest BCUT2D eigenvalue weighted by atomic mass is 16.5. The van der Waals surface area contributed by atoms with Crippen LogP contribution < -0.4 is 5.32 Å². The van der Waals surface area contributed by atoms with Crippen LogP contribution in [0.2, 0.25) is 0 Å². The molecule has 12 heavy (non-hydrogen) atoms. The molecule has 1 heterocycles. The fourth-order valence-corrected chi connectivity index (χ4v) is 1.10. The molecule has 1 rings (SSSR count). The van der Waals surface area contributed by atoms with E-state index in [2.05, 4.69) is 5.32 Å². The summed E-state index contributed by atoms with van der Waals surface area (Å²) in [7, 11) is 0. The summed E-state index contributed by atoms with van der Waals surface area (Å²) >= 11 is 0. The summed E-state index contributed by atoms with van der Waals surface area (Å²) in [6, 6.07) is 0. The third-order valence-electron chi connectivity index (χ3n) is 1.64. The lowest BCUT2D eigenvalue weighted by molar-refractivity contribution is -0.146. The predicted molar refractivity (Wildman–Crippen MR) is 42.9 cm³/mol. The van der Waals surface area contributed by atoms with Gasteiger partial charge in [0.15, 0.2) is 0 Å². The number of hydrogen-bond acceptors (Lipinski definition) is 3. The molecule has 0 spiro atoms. The first-order chi connectivity index (χ1) is 5.83. The van der Waals surface area contributed by atoms with Gasteiger partial charge in [-0.3, -0.25) is 4.79 Å². The van der Waals surface area contributed by atoms with Crippen LogP contribution >= 0.6 is 0 Å². The van der Waals surface area contributed by atoms with E-state index in [1.807, 2.05) is 0 Å². The van der Waals surface area contributed by atoms with Crippen molar-refractivity contribution < 1.29 is 14.3 Å². The van der Waals surface area contributed by atoms with E-state index in [9.17, 15) is 4.79 Å². The predicted octanol–water partition coefficient (Wildman–Crippen LogP) is -0.0572. The number of rotatable bonds is 3. The Morgan fingerprint density at radius 2 is 2.58 bits per heavy atom. The summed E-state index contributed by atoms with van der Waals surface area (Å²) < 4.78 is 10.1. The maximum absolute atomic E-state index is 11.0. The zero-order chi connectivity index (χ0) is 8.81. The van der Waals surface area contributed by atoms with Crippen LogP contribution in [0.15, 0.2) is 0 Å². The van der Waals surface area contributed by atoms with E-state index in [0.29, 0.717) is 26.2 Å². The molecule has 1 radical (unpaired) electrons. The molecule has 1 saturated heterocycles. The maximum atomic E-state index is 11.0. The number of ether oxygens (including phenoxy) is 2. The molecule has 1 atom stereocenters. The lowest BCUT2D eigenvalue weighted by Gasteiger charge is -2.21. The Morgan fingerprint density at radius 1 is 1.75 bits per heavy atom. The number of esters is 1. The molecular formula is C8H14NO3. The van der Waals surface area contributed by atoms with Gasteiger partial charge in [0.2, 0.25) is 0 Å². The first-order valence-corrected chi connectivity index (χ1v) is 4.23. The standard InChI is InChI=1S/C8H14NO3/c1-2-11-8(10)5-7-6-9-3-4-12-7/h7H,2-6H2,1H3. The van der Waals surface area contributed by atoms with E-state index >= 15 is 0 Å². The molecule has 69 valence electrons. The lowest BCUT2D eigenvalue weighted by Crippen LogP contribution is -2.35. The number of nitrogens with zero attached hydrogens (tertiary/aromatic N) is 1. The first-order valence-electron chi connectivity index (χ1n) is 4.23. The molecule has 4 nitrogen and oxygen atoms in total. The molecule has 0 aliphatic carbocycles. The molecule has 0 bridgehead atoms. The molecule has 0 aromatic heterocycles. The van der Waals surface area contributed by atoms with Crippen LogP contribution in [0, 0.1) is 0 Å². The molecule has 0 saturated carbocycles. The van der Waals surface area contributed by atoms with Crippen LogP contribution in [-0.2, 0) is 14.3 Å². The van der Waals surface area contributed by atoms with Crippen molar-refractivity contribution in [2.75, 3.05) is 26.3 Å². The maximum Gasteiger partial charge on any atom is 0.308 e. The SMILES string of the molecule is CCOC(=O)CC1C[N]CCO1. The Hall–Kier alpha value is -0.610. The van der Waals surface area contributed by atoms with Crippen LogP contribution in [-0.4, -0.2) is 38.4 Å². The van der Waals surface area contributed by atoms with Crippen LogP contribution in [0.3, 0.4) is 0 Å².